The van der Waals surface area contributed by atoms with Gasteiger partial charge in [0.2, 0.25) is 0 Å². The molecule has 0 aromatic carbocycles. The lowest BCUT2D eigenvalue weighted by molar-refractivity contribution is -0.113. The molecular formula is C7H11NOS. The van der Waals surface area contributed by atoms with Crippen LogP contribution >= 0.6 is 11.8 Å². The van der Waals surface area contributed by atoms with E-state index in [1.54, 1.807) is 11.8 Å². The van der Waals surface area contributed by atoms with E-state index in [4.69, 9.17) is 0 Å². The van der Waals surface area contributed by atoms with Crippen molar-refractivity contribution in [2.75, 3.05) is 12.8 Å². The molecule has 0 amide bonds. The fourth-order valence-corrected chi connectivity index (χ4v) is 2.05. The Kier molecular flexibility index (Phi) is 2.38. The van der Waals surface area contributed by atoms with Crippen LogP contribution in [0.25, 0.3) is 0 Å². The molecule has 0 saturated heterocycles. The van der Waals surface area contributed by atoms with Gasteiger partial charge < -0.3 is 5.32 Å². The van der Waals surface area contributed by atoms with Crippen molar-refractivity contribution in [3.05, 3.63) is 10.6 Å². The number of carbonyl (C=O) groups excluding carboxylic acids is 1. The summed E-state index contributed by atoms with van der Waals surface area (Å²) in [5.74, 6) is 0.913. The van der Waals surface area contributed by atoms with Gasteiger partial charge in [0, 0.05) is 12.6 Å². The van der Waals surface area contributed by atoms with Gasteiger partial charge in [-0.1, -0.05) is 6.92 Å². The molecule has 0 aromatic rings. The molecule has 1 aliphatic heterocycles. The topological polar surface area (TPSA) is 29.1 Å². The van der Waals surface area contributed by atoms with Crippen LogP contribution in [0, 0.1) is 0 Å². The summed E-state index contributed by atoms with van der Waals surface area (Å²) >= 11 is 1.60. The van der Waals surface area contributed by atoms with Gasteiger partial charge in [0.15, 0.2) is 5.78 Å². The van der Waals surface area contributed by atoms with E-state index in [1.807, 2.05) is 14.0 Å². The number of hydrogen-bond acceptors (Lipinski definition) is 3. The highest BCUT2D eigenvalue weighted by molar-refractivity contribution is 8.04. The van der Waals surface area contributed by atoms with Crippen molar-refractivity contribution in [2.24, 2.45) is 0 Å². The van der Waals surface area contributed by atoms with Crippen molar-refractivity contribution in [3.8, 4) is 0 Å². The van der Waals surface area contributed by atoms with Crippen LogP contribution in [0.15, 0.2) is 10.6 Å². The van der Waals surface area contributed by atoms with Crippen LogP contribution in [-0.2, 0) is 4.79 Å². The van der Waals surface area contributed by atoms with Crippen molar-refractivity contribution in [3.63, 3.8) is 0 Å². The normalized spacial score (nSPS) is 18.4. The predicted octanol–water partition coefficient (Wildman–Crippen LogP) is 1.14. The highest BCUT2D eigenvalue weighted by Gasteiger charge is 2.20. The molecule has 0 fully saturated rings. The van der Waals surface area contributed by atoms with E-state index in [0.717, 1.165) is 17.0 Å². The van der Waals surface area contributed by atoms with Gasteiger partial charge in [-0.05, 0) is 6.42 Å². The summed E-state index contributed by atoms with van der Waals surface area (Å²) in [4.78, 5) is 11.1. The molecule has 1 N–H and O–H groups in total. The maximum atomic E-state index is 11.1. The Morgan fingerprint density at radius 3 is 2.80 bits per heavy atom. The van der Waals surface area contributed by atoms with Crippen LogP contribution in [-0.4, -0.2) is 18.6 Å². The minimum absolute atomic E-state index is 0.289. The molecular weight excluding hydrogens is 146 g/mol. The van der Waals surface area contributed by atoms with E-state index in [2.05, 4.69) is 5.32 Å². The molecule has 3 heteroatoms. The van der Waals surface area contributed by atoms with Crippen molar-refractivity contribution in [2.45, 2.75) is 13.3 Å². The summed E-state index contributed by atoms with van der Waals surface area (Å²) in [6.07, 6.45) is 0.849. The van der Waals surface area contributed by atoms with Crippen LogP contribution in [0.1, 0.15) is 13.3 Å². The average molecular weight is 157 g/mol. The Morgan fingerprint density at radius 2 is 2.40 bits per heavy atom. The van der Waals surface area contributed by atoms with E-state index in [-0.39, 0.29) is 5.78 Å². The van der Waals surface area contributed by atoms with Gasteiger partial charge in [-0.25, -0.2) is 0 Å². The van der Waals surface area contributed by atoms with Crippen molar-refractivity contribution in [1.29, 1.82) is 0 Å². The molecule has 0 radical (unpaired) electrons. The van der Waals surface area contributed by atoms with Gasteiger partial charge in [-0.15, -0.1) is 11.8 Å². The van der Waals surface area contributed by atoms with Crippen molar-refractivity contribution < 1.29 is 4.79 Å². The van der Waals surface area contributed by atoms with Crippen LogP contribution in [0.3, 0.4) is 0 Å². The summed E-state index contributed by atoms with van der Waals surface area (Å²) < 4.78 is 0. The largest absolute Gasteiger partial charge is 0.383 e. The number of ketones is 1. The molecule has 0 saturated carbocycles. The first-order valence-corrected chi connectivity index (χ1v) is 4.35. The number of hydrogen-bond donors (Lipinski definition) is 1. The fourth-order valence-electron chi connectivity index (χ4n) is 1.02. The average Bonchev–Trinajstić information content (AvgIpc) is 2.30. The minimum atomic E-state index is 0.289. The lowest BCUT2D eigenvalue weighted by atomic mass is 10.1. The van der Waals surface area contributed by atoms with Crippen molar-refractivity contribution >= 4 is 17.5 Å². The summed E-state index contributed by atoms with van der Waals surface area (Å²) in [7, 11) is 1.86. The second-order valence-corrected chi connectivity index (χ2v) is 3.11. The van der Waals surface area contributed by atoms with Crippen LogP contribution in [0.4, 0.5) is 0 Å². The van der Waals surface area contributed by atoms with Gasteiger partial charge in [0.1, 0.15) is 0 Å². The number of allylic oxidation sites excluding steroid dienone is 1. The zero-order valence-electron chi connectivity index (χ0n) is 6.23. The molecule has 0 unspecified atom stereocenters. The first kappa shape index (κ1) is 7.66. The van der Waals surface area contributed by atoms with Gasteiger partial charge in [0.05, 0.1) is 10.8 Å². The van der Waals surface area contributed by atoms with Gasteiger partial charge >= 0.3 is 0 Å². The lowest BCUT2D eigenvalue weighted by Crippen LogP contribution is -2.04. The Labute approximate surface area is 65.1 Å². The van der Waals surface area contributed by atoms with E-state index in [0.29, 0.717) is 5.75 Å². The monoisotopic (exact) mass is 157 g/mol. The Morgan fingerprint density at radius 1 is 1.70 bits per heavy atom. The Hall–Kier alpha value is -0.440. The zero-order chi connectivity index (χ0) is 7.56. The molecule has 1 heterocycles. The molecule has 56 valence electrons. The number of rotatable bonds is 2. The quantitative estimate of drug-likeness (QED) is 0.651. The molecule has 1 aliphatic rings. The van der Waals surface area contributed by atoms with E-state index < -0.39 is 0 Å². The summed E-state index contributed by atoms with van der Waals surface area (Å²) in [6.45, 7) is 2.01. The van der Waals surface area contributed by atoms with E-state index in [9.17, 15) is 4.79 Å². The summed E-state index contributed by atoms with van der Waals surface area (Å²) in [5.41, 5.74) is 0.965. The first-order chi connectivity index (χ1) is 4.79. The molecule has 10 heavy (non-hydrogen) atoms. The number of carbonyl (C=O) groups is 1. The van der Waals surface area contributed by atoms with Gasteiger partial charge in [0.25, 0.3) is 0 Å². The molecule has 1 rings (SSSR count). The smallest absolute Gasteiger partial charge is 0.171 e. The van der Waals surface area contributed by atoms with E-state index >= 15 is 0 Å². The standard InChI is InChI=1S/C7H11NOS/c1-3-5-6(9)4-10-7(5)8-2/h8H,3-4H2,1-2H3. The molecule has 2 nitrogen and oxygen atoms in total. The number of Topliss-reactive ketones (excluding diaryl/α,β-unsaturated/α-hetero) is 1. The van der Waals surface area contributed by atoms with Gasteiger partial charge in [-0.2, -0.15) is 0 Å². The Balaban J connectivity index is 2.81. The third kappa shape index (κ3) is 1.19. The second kappa shape index (κ2) is 3.10. The van der Waals surface area contributed by atoms with Gasteiger partial charge in [-0.3, -0.25) is 4.79 Å². The molecule has 0 atom stereocenters. The molecule has 0 aromatic heterocycles. The number of thioether (sulfide) groups is 1. The Bertz CT molecular complexity index is 186. The van der Waals surface area contributed by atoms with Crippen LogP contribution < -0.4 is 5.32 Å². The fraction of sp³-hybridized carbons (Fsp3) is 0.571. The summed E-state index contributed by atoms with van der Waals surface area (Å²) in [5, 5.41) is 4.08. The third-order valence-electron chi connectivity index (χ3n) is 1.54. The van der Waals surface area contributed by atoms with Crippen LogP contribution in [0.5, 0.6) is 0 Å². The van der Waals surface area contributed by atoms with Crippen LogP contribution in [0.2, 0.25) is 0 Å². The maximum absolute atomic E-state index is 11.1. The molecule has 0 aliphatic carbocycles. The maximum Gasteiger partial charge on any atom is 0.171 e. The predicted molar refractivity (Wildman–Crippen MR) is 43.8 cm³/mol. The SMILES string of the molecule is CCC1=C(NC)SCC1=O. The first-order valence-electron chi connectivity index (χ1n) is 3.36. The summed E-state index contributed by atoms with van der Waals surface area (Å²) in [6, 6.07) is 0. The zero-order valence-corrected chi connectivity index (χ0v) is 7.05. The molecule has 0 bridgehead atoms. The van der Waals surface area contributed by atoms with Crippen molar-refractivity contribution in [1.82, 2.24) is 5.32 Å². The lowest BCUT2D eigenvalue weighted by Gasteiger charge is -1.99. The highest BCUT2D eigenvalue weighted by Crippen LogP contribution is 2.27. The minimum Gasteiger partial charge on any atom is -0.383 e. The highest BCUT2D eigenvalue weighted by atomic mass is 32.2. The number of nitrogens with one attached hydrogen (secondary N) is 1. The third-order valence-corrected chi connectivity index (χ3v) is 2.68. The second-order valence-electron chi connectivity index (χ2n) is 2.12. The van der Waals surface area contributed by atoms with E-state index in [1.165, 1.54) is 0 Å². The molecule has 0 spiro atoms.